The molecule has 3 heterocycles. The van der Waals surface area contributed by atoms with Crippen molar-refractivity contribution in [3.63, 3.8) is 0 Å². The normalized spacial score (nSPS) is 20.4. The molecule has 130 valence electrons. The van der Waals surface area contributed by atoms with E-state index in [1.165, 1.54) is 0 Å². The molecule has 0 unspecified atom stereocenters. The monoisotopic (exact) mass is 332 g/mol. The summed E-state index contributed by atoms with van der Waals surface area (Å²) < 4.78 is 12.8. The molecular weight excluding hydrogens is 308 g/mol. The number of rotatable bonds is 7. The lowest BCUT2D eigenvalue weighted by Crippen LogP contribution is -2.40. The Kier molecular flexibility index (Phi) is 5.30. The quantitative estimate of drug-likeness (QED) is 0.831. The molecule has 1 N–H and O–H groups in total. The highest BCUT2D eigenvalue weighted by molar-refractivity contribution is 5.76. The Morgan fingerprint density at radius 3 is 3.08 bits per heavy atom. The van der Waals surface area contributed by atoms with Crippen molar-refractivity contribution in [3.8, 4) is 0 Å². The van der Waals surface area contributed by atoms with Gasteiger partial charge in [-0.15, -0.1) is 0 Å². The maximum absolute atomic E-state index is 12.3. The molecule has 1 saturated heterocycles. The third kappa shape index (κ3) is 4.03. The molecule has 0 spiro atoms. The Bertz CT molecular complexity index is 679. The molecule has 2 atom stereocenters. The molecule has 1 aliphatic heterocycles. The van der Waals surface area contributed by atoms with E-state index in [0.29, 0.717) is 26.2 Å². The van der Waals surface area contributed by atoms with Crippen LogP contribution >= 0.6 is 0 Å². The Hall–Kier alpha value is -2.15. The number of nitrogens with zero attached hydrogens (tertiary/aromatic N) is 3. The fourth-order valence-electron chi connectivity index (χ4n) is 3.09. The van der Waals surface area contributed by atoms with Gasteiger partial charge >= 0.3 is 0 Å². The third-order valence-electron chi connectivity index (χ3n) is 4.38. The minimum absolute atomic E-state index is 0.0244. The first-order valence-electron chi connectivity index (χ1n) is 8.45. The van der Waals surface area contributed by atoms with Gasteiger partial charge in [0.05, 0.1) is 24.9 Å². The smallest absolute Gasteiger partial charge is 0.222 e. The molecule has 1 amide bonds. The largest absolute Gasteiger partial charge is 0.379 e. The molecule has 3 rings (SSSR count). The molecule has 1 fully saturated rings. The SMILES string of the molecule is CCc1nccn1CCC(=O)N[C@H]1COC[C@H]1Cc1cc(C)no1. The molecule has 2 aromatic rings. The van der Waals surface area contributed by atoms with Gasteiger partial charge in [-0.2, -0.15) is 0 Å². The third-order valence-corrected chi connectivity index (χ3v) is 4.38. The van der Waals surface area contributed by atoms with Gasteiger partial charge in [0.1, 0.15) is 11.6 Å². The van der Waals surface area contributed by atoms with Crippen molar-refractivity contribution >= 4 is 5.91 Å². The van der Waals surface area contributed by atoms with Gasteiger partial charge in [-0.25, -0.2) is 4.98 Å². The first-order valence-corrected chi connectivity index (χ1v) is 8.45. The van der Waals surface area contributed by atoms with Crippen molar-refractivity contribution in [3.05, 3.63) is 35.7 Å². The predicted octanol–water partition coefficient (Wildman–Crippen LogP) is 1.51. The lowest BCUT2D eigenvalue weighted by Gasteiger charge is -2.18. The fourth-order valence-corrected chi connectivity index (χ4v) is 3.09. The topological polar surface area (TPSA) is 82.2 Å². The molecule has 0 aromatic carbocycles. The lowest BCUT2D eigenvalue weighted by molar-refractivity contribution is -0.122. The van der Waals surface area contributed by atoms with E-state index in [1.807, 2.05) is 23.8 Å². The van der Waals surface area contributed by atoms with E-state index in [1.54, 1.807) is 6.20 Å². The molecule has 0 aliphatic carbocycles. The van der Waals surface area contributed by atoms with Crippen LogP contribution in [0.25, 0.3) is 0 Å². The Morgan fingerprint density at radius 1 is 1.46 bits per heavy atom. The molecule has 24 heavy (non-hydrogen) atoms. The van der Waals surface area contributed by atoms with Gasteiger partial charge in [0.25, 0.3) is 0 Å². The number of hydrogen-bond donors (Lipinski definition) is 1. The number of ether oxygens (including phenoxy) is 1. The van der Waals surface area contributed by atoms with Crippen LogP contribution in [0.1, 0.15) is 30.6 Å². The van der Waals surface area contributed by atoms with E-state index >= 15 is 0 Å². The lowest BCUT2D eigenvalue weighted by atomic mass is 9.98. The van der Waals surface area contributed by atoms with Gasteiger partial charge in [0.15, 0.2) is 0 Å². The van der Waals surface area contributed by atoms with Crippen molar-refractivity contribution in [1.82, 2.24) is 20.0 Å². The summed E-state index contributed by atoms with van der Waals surface area (Å²) in [5.41, 5.74) is 0.872. The molecular formula is C17H24N4O3. The van der Waals surface area contributed by atoms with Crippen LogP contribution < -0.4 is 5.32 Å². The second-order valence-electron chi connectivity index (χ2n) is 6.25. The fraction of sp³-hybridized carbons (Fsp3) is 0.588. The van der Waals surface area contributed by atoms with Crippen LogP contribution in [0.3, 0.4) is 0 Å². The minimum Gasteiger partial charge on any atom is -0.379 e. The van der Waals surface area contributed by atoms with Crippen molar-refractivity contribution in [1.29, 1.82) is 0 Å². The van der Waals surface area contributed by atoms with E-state index in [4.69, 9.17) is 9.26 Å². The van der Waals surface area contributed by atoms with Crippen molar-refractivity contribution in [2.24, 2.45) is 5.92 Å². The zero-order valence-corrected chi connectivity index (χ0v) is 14.2. The highest BCUT2D eigenvalue weighted by Crippen LogP contribution is 2.20. The summed E-state index contributed by atoms with van der Waals surface area (Å²) in [6, 6.07) is 1.96. The maximum Gasteiger partial charge on any atom is 0.222 e. The minimum atomic E-state index is 0.0244. The zero-order chi connectivity index (χ0) is 16.9. The van der Waals surface area contributed by atoms with Gasteiger partial charge in [-0.1, -0.05) is 12.1 Å². The van der Waals surface area contributed by atoms with Crippen LogP contribution in [0.5, 0.6) is 0 Å². The van der Waals surface area contributed by atoms with Crippen LogP contribution in [-0.2, 0) is 28.9 Å². The number of nitrogens with one attached hydrogen (secondary N) is 1. The van der Waals surface area contributed by atoms with Crippen molar-refractivity contribution in [2.45, 2.75) is 45.7 Å². The average Bonchev–Trinajstić information content (AvgIpc) is 3.28. The van der Waals surface area contributed by atoms with Crippen molar-refractivity contribution in [2.75, 3.05) is 13.2 Å². The van der Waals surface area contributed by atoms with Crippen LogP contribution in [0, 0.1) is 12.8 Å². The summed E-state index contributed by atoms with van der Waals surface area (Å²) >= 11 is 0. The van der Waals surface area contributed by atoms with Crippen LogP contribution in [-0.4, -0.2) is 39.9 Å². The van der Waals surface area contributed by atoms with Crippen LogP contribution in [0.15, 0.2) is 23.0 Å². The molecule has 7 nitrogen and oxygen atoms in total. The Morgan fingerprint density at radius 2 is 2.33 bits per heavy atom. The average molecular weight is 332 g/mol. The van der Waals surface area contributed by atoms with Crippen molar-refractivity contribution < 1.29 is 14.1 Å². The summed E-state index contributed by atoms with van der Waals surface area (Å²) in [6.45, 7) is 5.79. The number of aromatic nitrogens is 3. The number of hydrogen-bond acceptors (Lipinski definition) is 5. The maximum atomic E-state index is 12.3. The molecule has 0 radical (unpaired) electrons. The van der Waals surface area contributed by atoms with Crippen LogP contribution in [0.4, 0.5) is 0 Å². The second-order valence-corrected chi connectivity index (χ2v) is 6.25. The molecule has 7 heteroatoms. The van der Waals surface area contributed by atoms with E-state index < -0.39 is 0 Å². The summed E-state index contributed by atoms with van der Waals surface area (Å²) in [4.78, 5) is 16.5. The van der Waals surface area contributed by atoms with Gasteiger partial charge in [0.2, 0.25) is 5.91 Å². The number of imidazole rings is 1. The number of carbonyl (C=O) groups is 1. The van der Waals surface area contributed by atoms with Gasteiger partial charge in [0, 0.05) is 50.2 Å². The Balaban J connectivity index is 1.49. The number of carbonyl (C=O) groups excluding carboxylic acids is 1. The van der Waals surface area contributed by atoms with E-state index in [0.717, 1.165) is 30.1 Å². The highest BCUT2D eigenvalue weighted by atomic mass is 16.5. The highest BCUT2D eigenvalue weighted by Gasteiger charge is 2.30. The first-order chi connectivity index (χ1) is 11.7. The summed E-state index contributed by atoms with van der Waals surface area (Å²) in [6.07, 6.45) is 5.72. The van der Waals surface area contributed by atoms with Crippen LogP contribution in [0.2, 0.25) is 0 Å². The molecule has 2 aromatic heterocycles. The van der Waals surface area contributed by atoms with Gasteiger partial charge in [-0.3, -0.25) is 4.79 Å². The van der Waals surface area contributed by atoms with E-state index in [9.17, 15) is 4.79 Å². The predicted molar refractivity (Wildman–Crippen MR) is 87.4 cm³/mol. The molecule has 1 aliphatic rings. The second kappa shape index (κ2) is 7.61. The Labute approximate surface area is 141 Å². The molecule has 0 saturated carbocycles. The first kappa shape index (κ1) is 16.7. The summed E-state index contributed by atoms with van der Waals surface area (Å²) in [7, 11) is 0. The van der Waals surface area contributed by atoms with Gasteiger partial charge in [-0.05, 0) is 6.92 Å². The summed E-state index contributed by atoms with van der Waals surface area (Å²) in [5.74, 6) is 2.11. The number of aryl methyl sites for hydroxylation is 3. The summed E-state index contributed by atoms with van der Waals surface area (Å²) in [5, 5.41) is 7.00. The standard InChI is InChI=1S/C17H24N4O3/c1-3-16-18-5-7-21(16)6-4-17(22)19-15-11-23-10-13(15)9-14-8-12(2)20-24-14/h5,7-8,13,15H,3-4,6,9-11H2,1-2H3,(H,19,22)/t13-,15+/m1/s1. The zero-order valence-electron chi connectivity index (χ0n) is 14.2. The van der Waals surface area contributed by atoms with E-state index in [2.05, 4.69) is 22.4 Å². The van der Waals surface area contributed by atoms with E-state index in [-0.39, 0.29) is 17.9 Å². The van der Waals surface area contributed by atoms with Gasteiger partial charge < -0.3 is 19.1 Å². The number of amides is 1. The molecule has 0 bridgehead atoms.